The number of carbonyl (C=O) groups is 2. The van der Waals surface area contributed by atoms with Gasteiger partial charge in [-0.1, -0.05) is 0 Å². The van der Waals surface area contributed by atoms with E-state index in [2.05, 4.69) is 26.6 Å². The number of fused-ring (bicyclic) bond motifs is 1. The number of nitrogens with zero attached hydrogens (tertiary/aromatic N) is 2. The Labute approximate surface area is 179 Å². The number of anilines is 1. The average molecular weight is 481 g/mol. The lowest BCUT2D eigenvalue weighted by Crippen LogP contribution is -2.41. The molecule has 0 saturated carbocycles. The highest BCUT2D eigenvalue weighted by molar-refractivity contribution is 9.11. The van der Waals surface area contributed by atoms with Crippen LogP contribution >= 0.6 is 27.3 Å². The van der Waals surface area contributed by atoms with Crippen LogP contribution in [0.25, 0.3) is 11.1 Å². The number of thiophene rings is 1. The number of oxazole rings is 1. The van der Waals surface area contributed by atoms with E-state index in [0.29, 0.717) is 34.8 Å². The zero-order valence-electron chi connectivity index (χ0n) is 16.2. The minimum atomic E-state index is -0.737. The number of carbonyl (C=O) groups excluding carboxylic acids is 2. The summed E-state index contributed by atoms with van der Waals surface area (Å²) < 4.78 is 7.63. The first-order chi connectivity index (χ1) is 13.7. The summed E-state index contributed by atoms with van der Waals surface area (Å²) in [6.07, 6.45) is 0. The molecule has 0 fully saturated rings. The Morgan fingerprint density at radius 3 is 2.69 bits per heavy atom. The van der Waals surface area contributed by atoms with Crippen LogP contribution in [0.1, 0.15) is 16.6 Å². The second-order valence-electron chi connectivity index (χ2n) is 6.79. The number of likely N-dealkylation sites (N-methyl/N-ethyl adjacent to an activating group) is 1. The Balaban J connectivity index is 1.71. The minimum absolute atomic E-state index is 0.314. The number of amides is 2. The van der Waals surface area contributed by atoms with Gasteiger partial charge in [0.05, 0.1) is 14.2 Å². The van der Waals surface area contributed by atoms with E-state index in [1.807, 2.05) is 19.0 Å². The number of aromatic nitrogens is 1. The number of hydrogen-bond acceptors (Lipinski definition) is 6. The van der Waals surface area contributed by atoms with E-state index in [9.17, 15) is 14.4 Å². The van der Waals surface area contributed by atoms with Gasteiger partial charge in [0.2, 0.25) is 5.91 Å². The van der Waals surface area contributed by atoms with Crippen molar-refractivity contribution in [3.63, 3.8) is 0 Å². The van der Waals surface area contributed by atoms with Gasteiger partial charge in [-0.2, -0.15) is 0 Å². The lowest BCUT2D eigenvalue weighted by molar-refractivity contribution is -0.117. The highest BCUT2D eigenvalue weighted by Crippen LogP contribution is 2.22. The molecule has 3 rings (SSSR count). The molecule has 0 spiro atoms. The molecular weight excluding hydrogens is 460 g/mol. The fourth-order valence-corrected chi connectivity index (χ4v) is 3.96. The molecule has 29 heavy (non-hydrogen) atoms. The summed E-state index contributed by atoms with van der Waals surface area (Å²) in [7, 11) is 3.84. The molecule has 10 heteroatoms. The fraction of sp³-hybridized carbons (Fsp3) is 0.316. The van der Waals surface area contributed by atoms with Gasteiger partial charge < -0.3 is 20.0 Å². The number of hydrogen-bond donors (Lipinski definition) is 2. The van der Waals surface area contributed by atoms with Crippen molar-refractivity contribution < 1.29 is 14.0 Å². The number of nitrogens with one attached hydrogen (secondary N) is 2. The molecule has 0 radical (unpaired) electrons. The van der Waals surface area contributed by atoms with Crippen molar-refractivity contribution >= 4 is 55.9 Å². The average Bonchev–Trinajstić information content (AvgIpc) is 3.22. The largest absolute Gasteiger partial charge is 0.419 e. The monoisotopic (exact) mass is 480 g/mol. The van der Waals surface area contributed by atoms with Crippen molar-refractivity contribution in [2.75, 3.05) is 26.0 Å². The predicted octanol–water partition coefficient (Wildman–Crippen LogP) is 2.74. The lowest BCUT2D eigenvalue weighted by Gasteiger charge is -2.14. The maximum Gasteiger partial charge on any atom is 0.419 e. The standard InChI is InChI=1S/C19H21BrN4O4S/c1-11(21-18(26)15-6-7-16(20)29-15)17(25)22-12-4-5-14-13(10-12)24(19(27)28-14)9-8-23(2)3/h4-7,10-11H,8-9H2,1-3H3,(H,21,26)(H,22,25). The molecule has 1 unspecified atom stereocenters. The maximum absolute atomic E-state index is 12.5. The molecule has 0 aliphatic carbocycles. The van der Waals surface area contributed by atoms with Crippen LogP contribution in [-0.4, -0.2) is 48.0 Å². The molecule has 2 heterocycles. The molecule has 2 aromatic heterocycles. The summed E-state index contributed by atoms with van der Waals surface area (Å²) in [5, 5.41) is 5.44. The first-order valence-corrected chi connectivity index (χ1v) is 10.5. The maximum atomic E-state index is 12.5. The Morgan fingerprint density at radius 1 is 1.28 bits per heavy atom. The fourth-order valence-electron chi connectivity index (χ4n) is 2.67. The third kappa shape index (κ3) is 5.14. The van der Waals surface area contributed by atoms with Crippen LogP contribution in [-0.2, 0) is 11.3 Å². The van der Waals surface area contributed by atoms with Crippen molar-refractivity contribution in [3.05, 3.63) is 49.5 Å². The van der Waals surface area contributed by atoms with Crippen LogP contribution in [0.5, 0.6) is 0 Å². The Hall–Kier alpha value is -2.43. The van der Waals surface area contributed by atoms with E-state index in [1.165, 1.54) is 15.9 Å². The van der Waals surface area contributed by atoms with Gasteiger partial charge >= 0.3 is 5.76 Å². The highest BCUT2D eigenvalue weighted by Gasteiger charge is 2.18. The molecule has 0 aliphatic rings. The van der Waals surface area contributed by atoms with E-state index in [4.69, 9.17) is 4.42 Å². The van der Waals surface area contributed by atoms with Crippen LogP contribution in [0, 0.1) is 0 Å². The normalized spacial score (nSPS) is 12.3. The highest BCUT2D eigenvalue weighted by atomic mass is 79.9. The van der Waals surface area contributed by atoms with E-state index in [0.717, 1.165) is 3.79 Å². The summed E-state index contributed by atoms with van der Waals surface area (Å²) in [4.78, 5) is 39.3. The molecule has 3 aromatic rings. The zero-order valence-corrected chi connectivity index (χ0v) is 18.6. The minimum Gasteiger partial charge on any atom is -0.408 e. The summed E-state index contributed by atoms with van der Waals surface area (Å²) in [5.74, 6) is -1.11. The van der Waals surface area contributed by atoms with Crippen molar-refractivity contribution in [2.24, 2.45) is 0 Å². The van der Waals surface area contributed by atoms with Crippen molar-refractivity contribution in [1.82, 2.24) is 14.8 Å². The van der Waals surface area contributed by atoms with Crippen LogP contribution in [0.3, 0.4) is 0 Å². The van der Waals surface area contributed by atoms with Crippen LogP contribution in [0.15, 0.2) is 43.3 Å². The summed E-state index contributed by atoms with van der Waals surface area (Å²) in [6.45, 7) is 2.76. The molecule has 1 atom stereocenters. The predicted molar refractivity (Wildman–Crippen MR) is 117 cm³/mol. The van der Waals surface area contributed by atoms with Gasteiger partial charge in [0.25, 0.3) is 5.91 Å². The topological polar surface area (TPSA) is 96.6 Å². The van der Waals surface area contributed by atoms with E-state index in [1.54, 1.807) is 37.3 Å². The van der Waals surface area contributed by atoms with Gasteiger partial charge in [0.1, 0.15) is 6.04 Å². The van der Waals surface area contributed by atoms with Crippen molar-refractivity contribution in [1.29, 1.82) is 0 Å². The summed E-state index contributed by atoms with van der Waals surface area (Å²) in [6, 6.07) is 7.72. The number of rotatable bonds is 7. The Kier molecular flexibility index (Phi) is 6.56. The van der Waals surface area contributed by atoms with E-state index >= 15 is 0 Å². The summed E-state index contributed by atoms with van der Waals surface area (Å²) in [5.41, 5.74) is 1.58. The molecular formula is C19H21BrN4O4S. The van der Waals surface area contributed by atoms with Gasteiger partial charge in [-0.3, -0.25) is 14.2 Å². The first-order valence-electron chi connectivity index (χ1n) is 8.90. The molecule has 8 nitrogen and oxygen atoms in total. The van der Waals surface area contributed by atoms with Crippen LogP contribution in [0.2, 0.25) is 0 Å². The zero-order chi connectivity index (χ0) is 21.1. The van der Waals surface area contributed by atoms with Crippen LogP contribution in [0.4, 0.5) is 5.69 Å². The van der Waals surface area contributed by atoms with Crippen molar-refractivity contribution in [2.45, 2.75) is 19.5 Å². The summed E-state index contributed by atoms with van der Waals surface area (Å²) >= 11 is 4.60. The second kappa shape index (κ2) is 8.93. The Morgan fingerprint density at radius 2 is 2.03 bits per heavy atom. The van der Waals surface area contributed by atoms with Gasteiger partial charge in [-0.25, -0.2) is 4.79 Å². The number of benzene rings is 1. The van der Waals surface area contributed by atoms with E-state index in [-0.39, 0.29) is 11.8 Å². The number of halogens is 1. The van der Waals surface area contributed by atoms with Crippen molar-refractivity contribution in [3.8, 4) is 0 Å². The second-order valence-corrected chi connectivity index (χ2v) is 9.26. The Bertz CT molecular complexity index is 1100. The quantitative estimate of drug-likeness (QED) is 0.541. The molecule has 1 aromatic carbocycles. The van der Waals surface area contributed by atoms with Gasteiger partial charge in [-0.05, 0) is 67.3 Å². The third-order valence-electron chi connectivity index (χ3n) is 4.24. The lowest BCUT2D eigenvalue weighted by atomic mass is 10.2. The molecule has 2 N–H and O–H groups in total. The smallest absolute Gasteiger partial charge is 0.408 e. The molecule has 154 valence electrons. The molecule has 0 saturated heterocycles. The molecule has 0 bridgehead atoms. The van der Waals surface area contributed by atoms with Gasteiger partial charge in [-0.15, -0.1) is 11.3 Å². The van der Waals surface area contributed by atoms with Gasteiger partial charge in [0.15, 0.2) is 5.58 Å². The molecule has 2 amide bonds. The van der Waals surface area contributed by atoms with E-state index < -0.39 is 11.8 Å². The SMILES string of the molecule is CC(NC(=O)c1ccc(Br)s1)C(=O)Nc1ccc2oc(=O)n(CCN(C)C)c2c1. The first kappa shape index (κ1) is 21.3. The van der Waals surface area contributed by atoms with Gasteiger partial charge in [0, 0.05) is 18.8 Å². The third-order valence-corrected chi connectivity index (χ3v) is 5.87. The van der Waals surface area contributed by atoms with Crippen LogP contribution < -0.4 is 16.4 Å². The molecule has 0 aliphatic heterocycles.